The summed E-state index contributed by atoms with van der Waals surface area (Å²) >= 11 is 0. The third kappa shape index (κ3) is 4.82. The van der Waals surface area contributed by atoms with Gasteiger partial charge in [-0.2, -0.15) is 13.2 Å². The van der Waals surface area contributed by atoms with Crippen molar-refractivity contribution in [3.05, 3.63) is 35.4 Å². The Hall–Kier alpha value is -1.40. The maximum atomic E-state index is 12.4. The molecule has 0 amide bonds. The van der Waals surface area contributed by atoms with Crippen molar-refractivity contribution in [1.82, 2.24) is 4.90 Å². The van der Waals surface area contributed by atoms with E-state index in [1.165, 1.54) is 12.1 Å². The van der Waals surface area contributed by atoms with Crippen LogP contribution >= 0.6 is 0 Å². The Balaban J connectivity index is 1.85. The molecule has 1 aliphatic heterocycles. The van der Waals surface area contributed by atoms with Gasteiger partial charge in [-0.15, -0.1) is 0 Å². The zero-order valence-electron chi connectivity index (χ0n) is 11.7. The first-order chi connectivity index (χ1) is 9.84. The Kier molecular flexibility index (Phi) is 5.00. The molecule has 3 nitrogen and oxygen atoms in total. The number of halogens is 3. The van der Waals surface area contributed by atoms with Gasteiger partial charge < -0.3 is 5.73 Å². The quantitative estimate of drug-likeness (QED) is 0.927. The normalized spacial score (nSPS) is 17.9. The molecule has 1 fully saturated rings. The molecule has 0 saturated carbocycles. The standard InChI is InChI=1S/C15H19F3N2O/c16-15(17,18)12-3-1-11(2-4-12)9-14(21)10-20-7-5-13(19)6-8-20/h1-4,13H,5-10,19H2. The first kappa shape index (κ1) is 16.0. The van der Waals surface area contributed by atoms with Gasteiger partial charge in [0.25, 0.3) is 0 Å². The molecule has 0 radical (unpaired) electrons. The predicted molar refractivity (Wildman–Crippen MR) is 73.8 cm³/mol. The summed E-state index contributed by atoms with van der Waals surface area (Å²) in [7, 11) is 0. The van der Waals surface area contributed by atoms with Crippen molar-refractivity contribution < 1.29 is 18.0 Å². The highest BCUT2D eigenvalue weighted by Gasteiger charge is 2.30. The molecule has 116 valence electrons. The Morgan fingerprint density at radius 2 is 1.76 bits per heavy atom. The SMILES string of the molecule is NC1CCN(CC(=O)Cc2ccc(C(F)(F)F)cc2)CC1. The highest BCUT2D eigenvalue weighted by molar-refractivity contribution is 5.82. The summed E-state index contributed by atoms with van der Waals surface area (Å²) in [6.07, 6.45) is -2.41. The second-order valence-corrected chi connectivity index (χ2v) is 5.52. The molecule has 21 heavy (non-hydrogen) atoms. The molecular formula is C15H19F3N2O. The molecular weight excluding hydrogens is 281 g/mol. The number of carbonyl (C=O) groups is 1. The van der Waals surface area contributed by atoms with E-state index in [1.54, 1.807) is 0 Å². The number of likely N-dealkylation sites (tertiary alicyclic amines) is 1. The van der Waals surface area contributed by atoms with E-state index in [1.807, 2.05) is 0 Å². The van der Waals surface area contributed by atoms with Crippen molar-refractivity contribution in [1.29, 1.82) is 0 Å². The van der Waals surface area contributed by atoms with Crippen molar-refractivity contribution in [2.45, 2.75) is 31.5 Å². The maximum absolute atomic E-state index is 12.4. The van der Waals surface area contributed by atoms with Gasteiger partial charge in [0.2, 0.25) is 0 Å². The Morgan fingerprint density at radius 1 is 1.19 bits per heavy atom. The lowest BCUT2D eigenvalue weighted by Crippen LogP contribution is -2.42. The zero-order chi connectivity index (χ0) is 15.5. The topological polar surface area (TPSA) is 46.3 Å². The lowest BCUT2D eigenvalue weighted by molar-refractivity contribution is -0.137. The van der Waals surface area contributed by atoms with E-state index in [9.17, 15) is 18.0 Å². The third-order valence-corrected chi connectivity index (χ3v) is 3.71. The van der Waals surface area contributed by atoms with Gasteiger partial charge in [-0.05, 0) is 30.5 Å². The largest absolute Gasteiger partial charge is 0.416 e. The van der Waals surface area contributed by atoms with Gasteiger partial charge in [-0.1, -0.05) is 12.1 Å². The molecule has 6 heteroatoms. The van der Waals surface area contributed by atoms with E-state index in [-0.39, 0.29) is 18.2 Å². The minimum Gasteiger partial charge on any atom is -0.328 e. The molecule has 1 aliphatic rings. The summed E-state index contributed by atoms with van der Waals surface area (Å²) < 4.78 is 37.3. The lowest BCUT2D eigenvalue weighted by Gasteiger charge is -2.29. The summed E-state index contributed by atoms with van der Waals surface area (Å²) in [5.74, 6) is 0.0187. The van der Waals surface area contributed by atoms with Crippen LogP contribution in [0.3, 0.4) is 0 Å². The molecule has 0 atom stereocenters. The van der Waals surface area contributed by atoms with Crippen molar-refractivity contribution >= 4 is 5.78 Å². The first-order valence-electron chi connectivity index (χ1n) is 7.00. The molecule has 0 aliphatic carbocycles. The molecule has 0 bridgehead atoms. The lowest BCUT2D eigenvalue weighted by atomic mass is 10.0. The van der Waals surface area contributed by atoms with Crippen LogP contribution in [0, 0.1) is 0 Å². The summed E-state index contributed by atoms with van der Waals surface area (Å²) in [5, 5.41) is 0. The average Bonchev–Trinajstić information content (AvgIpc) is 2.41. The van der Waals surface area contributed by atoms with Gasteiger partial charge in [0.1, 0.15) is 0 Å². The van der Waals surface area contributed by atoms with E-state index in [4.69, 9.17) is 5.73 Å². The minimum absolute atomic E-state index is 0.0187. The number of benzene rings is 1. The fraction of sp³-hybridized carbons (Fsp3) is 0.533. The van der Waals surface area contributed by atoms with Crippen LogP contribution in [0.5, 0.6) is 0 Å². The van der Waals surface area contributed by atoms with Gasteiger partial charge in [0, 0.05) is 25.6 Å². The highest BCUT2D eigenvalue weighted by Crippen LogP contribution is 2.29. The number of nitrogens with two attached hydrogens (primary N) is 1. The van der Waals surface area contributed by atoms with Crippen LogP contribution in [-0.2, 0) is 17.4 Å². The molecule has 0 spiro atoms. The summed E-state index contributed by atoms with van der Waals surface area (Å²) in [6.45, 7) is 1.95. The average molecular weight is 300 g/mol. The summed E-state index contributed by atoms with van der Waals surface area (Å²) in [4.78, 5) is 14.0. The number of alkyl halides is 3. The third-order valence-electron chi connectivity index (χ3n) is 3.71. The highest BCUT2D eigenvalue weighted by atomic mass is 19.4. The minimum atomic E-state index is -4.34. The monoisotopic (exact) mass is 300 g/mol. The number of hydrogen-bond acceptors (Lipinski definition) is 3. The van der Waals surface area contributed by atoms with Crippen molar-refractivity contribution in [3.63, 3.8) is 0 Å². The van der Waals surface area contributed by atoms with Crippen LogP contribution in [0.1, 0.15) is 24.0 Å². The second kappa shape index (κ2) is 6.58. The van der Waals surface area contributed by atoms with Crippen LogP contribution in [0.4, 0.5) is 13.2 Å². The molecule has 1 heterocycles. The van der Waals surface area contributed by atoms with Crippen molar-refractivity contribution in [3.8, 4) is 0 Å². The van der Waals surface area contributed by atoms with E-state index in [0.29, 0.717) is 12.1 Å². The molecule has 1 aromatic rings. The van der Waals surface area contributed by atoms with E-state index < -0.39 is 11.7 Å². The zero-order valence-corrected chi connectivity index (χ0v) is 11.7. The summed E-state index contributed by atoms with van der Waals surface area (Å²) in [6, 6.07) is 4.98. The van der Waals surface area contributed by atoms with E-state index in [2.05, 4.69) is 4.90 Å². The van der Waals surface area contributed by atoms with Crippen LogP contribution in [0.2, 0.25) is 0 Å². The Bertz CT molecular complexity index is 477. The number of nitrogens with zero attached hydrogens (tertiary/aromatic N) is 1. The van der Waals surface area contributed by atoms with Gasteiger partial charge in [0.05, 0.1) is 12.1 Å². The van der Waals surface area contributed by atoms with Crippen LogP contribution in [-0.4, -0.2) is 36.4 Å². The van der Waals surface area contributed by atoms with E-state index in [0.717, 1.165) is 38.1 Å². The fourth-order valence-electron chi connectivity index (χ4n) is 2.46. The maximum Gasteiger partial charge on any atom is 0.416 e. The molecule has 0 aromatic heterocycles. The number of Topliss-reactive ketones (excluding diaryl/α,β-unsaturated/α-hetero) is 1. The molecule has 2 rings (SSSR count). The smallest absolute Gasteiger partial charge is 0.328 e. The van der Waals surface area contributed by atoms with Gasteiger partial charge >= 0.3 is 6.18 Å². The number of carbonyl (C=O) groups excluding carboxylic acids is 1. The number of ketones is 1. The fourth-order valence-corrected chi connectivity index (χ4v) is 2.46. The number of piperidine rings is 1. The van der Waals surface area contributed by atoms with Crippen LogP contribution < -0.4 is 5.73 Å². The molecule has 2 N–H and O–H groups in total. The van der Waals surface area contributed by atoms with Gasteiger partial charge in [-0.3, -0.25) is 9.69 Å². The van der Waals surface area contributed by atoms with E-state index >= 15 is 0 Å². The van der Waals surface area contributed by atoms with Crippen molar-refractivity contribution in [2.24, 2.45) is 5.73 Å². The second-order valence-electron chi connectivity index (χ2n) is 5.52. The first-order valence-corrected chi connectivity index (χ1v) is 7.00. The molecule has 1 aromatic carbocycles. The number of rotatable bonds is 4. The number of hydrogen-bond donors (Lipinski definition) is 1. The Morgan fingerprint density at radius 3 is 2.29 bits per heavy atom. The van der Waals surface area contributed by atoms with Crippen molar-refractivity contribution in [2.75, 3.05) is 19.6 Å². The molecule has 0 unspecified atom stereocenters. The van der Waals surface area contributed by atoms with Crippen LogP contribution in [0.25, 0.3) is 0 Å². The predicted octanol–water partition coefficient (Wildman–Crippen LogP) is 2.24. The van der Waals surface area contributed by atoms with Gasteiger partial charge in [-0.25, -0.2) is 0 Å². The Labute approximate surface area is 121 Å². The van der Waals surface area contributed by atoms with Gasteiger partial charge in [0.15, 0.2) is 5.78 Å². The molecule has 1 saturated heterocycles. The summed E-state index contributed by atoms with van der Waals surface area (Å²) in [5.41, 5.74) is 5.72. The van der Waals surface area contributed by atoms with Crippen LogP contribution in [0.15, 0.2) is 24.3 Å².